The third kappa shape index (κ3) is 3.46. The highest BCUT2D eigenvalue weighted by molar-refractivity contribution is 9.10. The Labute approximate surface area is 207 Å². The van der Waals surface area contributed by atoms with Gasteiger partial charge in [0, 0.05) is 20.5 Å². The molecule has 1 aliphatic heterocycles. The van der Waals surface area contributed by atoms with E-state index in [0.717, 1.165) is 39.1 Å². The number of nitrogens with zero attached hydrogens (tertiary/aromatic N) is 2. The van der Waals surface area contributed by atoms with Gasteiger partial charge in [-0.2, -0.15) is 0 Å². The summed E-state index contributed by atoms with van der Waals surface area (Å²) in [5.74, 6) is 0.729. The van der Waals surface area contributed by atoms with Gasteiger partial charge in [-0.3, -0.25) is 9.36 Å². The molecule has 2 aromatic heterocycles. The van der Waals surface area contributed by atoms with Crippen LogP contribution in [-0.4, -0.2) is 11.7 Å². The number of fused-ring (bicyclic) bond motifs is 3. The monoisotopic (exact) mass is 534 g/mol. The fraction of sp³-hybridized carbons (Fsp3) is 0.154. The Hall–Kier alpha value is -2.74. The zero-order valence-corrected chi connectivity index (χ0v) is 21.0. The molecule has 33 heavy (non-hydrogen) atoms. The molecule has 164 valence electrons. The molecule has 4 aromatic rings. The number of thiazole rings is 1. The van der Waals surface area contributed by atoms with E-state index in [4.69, 9.17) is 9.73 Å². The second-order valence-electron chi connectivity index (χ2n) is 8.02. The Kier molecular flexibility index (Phi) is 5.20. The van der Waals surface area contributed by atoms with E-state index in [9.17, 15) is 4.79 Å². The van der Waals surface area contributed by atoms with E-state index in [1.807, 2.05) is 28.8 Å². The predicted octanol–water partition coefficient (Wildman–Crippen LogP) is 5.15. The number of halogens is 1. The van der Waals surface area contributed by atoms with Gasteiger partial charge in [0.25, 0.3) is 5.56 Å². The van der Waals surface area contributed by atoms with Gasteiger partial charge in [0.2, 0.25) is 0 Å². The largest absolute Gasteiger partial charge is 0.496 e. The van der Waals surface area contributed by atoms with E-state index in [1.54, 1.807) is 18.4 Å². The molecular weight excluding hydrogens is 516 g/mol. The molecule has 0 amide bonds. The van der Waals surface area contributed by atoms with Gasteiger partial charge in [0.15, 0.2) is 4.80 Å². The SMILES string of the molecule is COc1ccc(Br)cc1/C=c1/sc2n(c1=O)[C@H](c1cccs1)C1=C(N=2)c2ccccc2CC1. The lowest BCUT2D eigenvalue weighted by atomic mass is 9.85. The van der Waals surface area contributed by atoms with Gasteiger partial charge >= 0.3 is 0 Å². The Morgan fingerprint density at radius 3 is 2.85 bits per heavy atom. The minimum atomic E-state index is -0.115. The lowest BCUT2D eigenvalue weighted by Crippen LogP contribution is -2.38. The molecule has 1 aliphatic carbocycles. The van der Waals surface area contributed by atoms with Gasteiger partial charge in [-0.05, 0) is 59.7 Å². The molecule has 0 unspecified atom stereocenters. The molecule has 4 nitrogen and oxygen atoms in total. The van der Waals surface area contributed by atoms with E-state index >= 15 is 0 Å². The molecule has 3 heterocycles. The van der Waals surface area contributed by atoms with E-state index in [0.29, 0.717) is 4.53 Å². The van der Waals surface area contributed by atoms with Crippen LogP contribution < -0.4 is 19.6 Å². The van der Waals surface area contributed by atoms with Crippen molar-refractivity contribution in [2.75, 3.05) is 7.11 Å². The number of aromatic nitrogens is 1. The Balaban J connectivity index is 1.62. The van der Waals surface area contributed by atoms with Crippen LogP contribution in [0.3, 0.4) is 0 Å². The summed E-state index contributed by atoms with van der Waals surface area (Å²) in [6.07, 6.45) is 3.78. The number of hydrogen-bond acceptors (Lipinski definition) is 5. The first-order valence-corrected chi connectivity index (χ1v) is 13.1. The molecule has 0 saturated heterocycles. The minimum absolute atomic E-state index is 0.00964. The molecule has 0 radical (unpaired) electrons. The average Bonchev–Trinajstić information content (AvgIpc) is 3.47. The fourth-order valence-corrected chi connectivity index (χ4v) is 6.90. The van der Waals surface area contributed by atoms with Gasteiger partial charge in [-0.1, -0.05) is 57.6 Å². The van der Waals surface area contributed by atoms with Crippen molar-refractivity contribution >= 4 is 50.4 Å². The highest BCUT2D eigenvalue weighted by Crippen LogP contribution is 2.42. The van der Waals surface area contributed by atoms with Gasteiger partial charge in [-0.25, -0.2) is 4.99 Å². The van der Waals surface area contributed by atoms with Crippen LogP contribution in [0.15, 0.2) is 79.8 Å². The Morgan fingerprint density at radius 2 is 2.03 bits per heavy atom. The summed E-state index contributed by atoms with van der Waals surface area (Å²) in [5.41, 5.74) is 5.62. The number of hydrogen-bond donors (Lipinski definition) is 0. The predicted molar refractivity (Wildman–Crippen MR) is 138 cm³/mol. The molecule has 2 aliphatic rings. The van der Waals surface area contributed by atoms with Crippen molar-refractivity contribution in [3.05, 3.63) is 111 Å². The van der Waals surface area contributed by atoms with Crippen molar-refractivity contribution in [1.29, 1.82) is 0 Å². The summed E-state index contributed by atoms with van der Waals surface area (Å²) in [7, 11) is 1.64. The second kappa shape index (κ2) is 8.24. The lowest BCUT2D eigenvalue weighted by Gasteiger charge is -2.30. The summed E-state index contributed by atoms with van der Waals surface area (Å²) >= 11 is 6.66. The third-order valence-corrected chi connectivity index (χ3v) is 8.56. The lowest BCUT2D eigenvalue weighted by molar-refractivity contribution is 0.413. The van der Waals surface area contributed by atoms with Crippen LogP contribution in [0.5, 0.6) is 5.75 Å². The molecule has 0 saturated carbocycles. The van der Waals surface area contributed by atoms with Crippen molar-refractivity contribution in [2.24, 2.45) is 4.99 Å². The molecule has 0 fully saturated rings. The zero-order chi connectivity index (χ0) is 22.5. The van der Waals surface area contributed by atoms with Gasteiger partial charge < -0.3 is 4.74 Å². The number of ether oxygens (including phenoxy) is 1. The molecule has 7 heteroatoms. The van der Waals surface area contributed by atoms with Crippen molar-refractivity contribution in [2.45, 2.75) is 18.9 Å². The van der Waals surface area contributed by atoms with E-state index in [2.05, 4.69) is 57.7 Å². The standard InChI is InChI=1S/C26H19BrN2O2S2/c1-31-20-11-9-17(27)13-16(20)14-22-25(30)29-24(21-7-4-12-32-21)19-10-8-15-5-2-3-6-18(15)23(19)28-26(29)33-22/h2-7,9,11-14,24H,8,10H2,1H3/b22-14+/t24-/m0/s1. The van der Waals surface area contributed by atoms with E-state index in [1.165, 1.54) is 32.9 Å². The van der Waals surface area contributed by atoms with Crippen molar-refractivity contribution in [1.82, 2.24) is 4.57 Å². The van der Waals surface area contributed by atoms with Gasteiger partial charge in [0.05, 0.1) is 23.4 Å². The summed E-state index contributed by atoms with van der Waals surface area (Å²) in [5, 5.41) is 2.08. The van der Waals surface area contributed by atoms with Crippen LogP contribution in [0, 0.1) is 0 Å². The summed E-state index contributed by atoms with van der Waals surface area (Å²) in [4.78, 5) is 20.7. The fourth-order valence-electron chi connectivity index (χ4n) is 4.68. The highest BCUT2D eigenvalue weighted by atomic mass is 79.9. The average molecular weight is 535 g/mol. The topological polar surface area (TPSA) is 43.6 Å². The first kappa shape index (κ1) is 20.8. The Bertz CT molecular complexity index is 1600. The maximum absolute atomic E-state index is 13.7. The summed E-state index contributed by atoms with van der Waals surface area (Å²) in [6.45, 7) is 0. The molecule has 0 spiro atoms. The molecule has 6 rings (SSSR count). The van der Waals surface area contributed by atoms with Crippen molar-refractivity contribution < 1.29 is 4.74 Å². The van der Waals surface area contributed by atoms with Crippen LogP contribution in [0.1, 0.15) is 34.0 Å². The molecule has 0 N–H and O–H groups in total. The number of rotatable bonds is 3. The van der Waals surface area contributed by atoms with Crippen molar-refractivity contribution in [3.8, 4) is 5.75 Å². The summed E-state index contributed by atoms with van der Waals surface area (Å²) in [6, 6.07) is 18.4. The van der Waals surface area contributed by atoms with Crippen LogP contribution in [0.2, 0.25) is 0 Å². The van der Waals surface area contributed by atoms with Gasteiger partial charge in [0.1, 0.15) is 5.75 Å². The van der Waals surface area contributed by atoms with Gasteiger partial charge in [-0.15, -0.1) is 11.3 Å². The summed E-state index contributed by atoms with van der Waals surface area (Å²) < 4.78 is 9.00. The van der Waals surface area contributed by atoms with Crippen LogP contribution in [-0.2, 0) is 6.42 Å². The number of benzene rings is 2. The minimum Gasteiger partial charge on any atom is -0.496 e. The number of methoxy groups -OCH3 is 1. The normalized spacial score (nSPS) is 17.3. The number of aryl methyl sites for hydroxylation is 1. The third-order valence-electron chi connectivity index (χ3n) is 6.16. The highest BCUT2D eigenvalue weighted by Gasteiger charge is 2.33. The van der Waals surface area contributed by atoms with Crippen molar-refractivity contribution in [3.63, 3.8) is 0 Å². The van der Waals surface area contributed by atoms with E-state index < -0.39 is 0 Å². The Morgan fingerprint density at radius 1 is 1.15 bits per heavy atom. The maximum atomic E-state index is 13.7. The van der Waals surface area contributed by atoms with Crippen LogP contribution >= 0.6 is 38.6 Å². The quantitative estimate of drug-likeness (QED) is 0.364. The second-order valence-corrected chi connectivity index (χ2v) is 10.9. The van der Waals surface area contributed by atoms with E-state index in [-0.39, 0.29) is 11.6 Å². The first-order chi connectivity index (χ1) is 16.1. The van der Waals surface area contributed by atoms with Crippen LogP contribution in [0.25, 0.3) is 11.8 Å². The molecule has 1 atom stereocenters. The first-order valence-electron chi connectivity index (χ1n) is 10.6. The zero-order valence-electron chi connectivity index (χ0n) is 17.7. The maximum Gasteiger partial charge on any atom is 0.271 e. The van der Waals surface area contributed by atoms with Crippen LogP contribution in [0.4, 0.5) is 0 Å². The molecule has 2 aromatic carbocycles. The molecule has 0 bridgehead atoms. The smallest absolute Gasteiger partial charge is 0.271 e. The number of thiophene rings is 1. The molecular formula is C26H19BrN2O2S2. The number of allylic oxidation sites excluding steroid dienone is 1.